The van der Waals surface area contributed by atoms with Crippen molar-refractivity contribution in [3.63, 3.8) is 0 Å². The van der Waals surface area contributed by atoms with Gasteiger partial charge in [0.1, 0.15) is 0 Å². The van der Waals surface area contributed by atoms with Gasteiger partial charge in [0.2, 0.25) is 5.95 Å². The van der Waals surface area contributed by atoms with Crippen LogP contribution in [0.5, 0.6) is 0 Å². The first kappa shape index (κ1) is 14.0. The highest BCUT2D eigenvalue weighted by molar-refractivity contribution is 7.09. The number of nitrogens with zero attached hydrogens (tertiary/aromatic N) is 3. The molecule has 0 aliphatic rings. The Bertz CT molecular complexity index is 481. The Kier molecular flexibility index (Phi) is 5.35. The van der Waals surface area contributed by atoms with E-state index in [4.69, 9.17) is 4.74 Å². The summed E-state index contributed by atoms with van der Waals surface area (Å²) in [7, 11) is 0. The standard InChI is InChI=1S/C13H20N4OS/c1-3-18-6-4-5-15-13-16-11(2)8-17(13)9-12-7-14-10-19-12/h7-8,10H,3-6,9H2,1-2H3,(H,15,16). The van der Waals surface area contributed by atoms with Gasteiger partial charge in [-0.25, -0.2) is 4.98 Å². The molecular weight excluding hydrogens is 260 g/mol. The number of imidazole rings is 1. The summed E-state index contributed by atoms with van der Waals surface area (Å²) < 4.78 is 7.45. The monoisotopic (exact) mass is 280 g/mol. The summed E-state index contributed by atoms with van der Waals surface area (Å²) in [6.07, 6.45) is 4.95. The van der Waals surface area contributed by atoms with E-state index in [1.165, 1.54) is 4.88 Å². The number of rotatable bonds is 8. The van der Waals surface area contributed by atoms with E-state index in [9.17, 15) is 0 Å². The first-order valence-corrected chi connectivity index (χ1v) is 7.40. The van der Waals surface area contributed by atoms with Crippen molar-refractivity contribution in [2.24, 2.45) is 0 Å². The molecule has 6 heteroatoms. The number of anilines is 1. The normalized spacial score (nSPS) is 10.8. The van der Waals surface area contributed by atoms with Crippen molar-refractivity contribution in [1.29, 1.82) is 0 Å². The molecule has 0 aliphatic heterocycles. The van der Waals surface area contributed by atoms with Gasteiger partial charge >= 0.3 is 0 Å². The van der Waals surface area contributed by atoms with Gasteiger partial charge in [0, 0.05) is 37.0 Å². The van der Waals surface area contributed by atoms with E-state index in [2.05, 4.69) is 26.0 Å². The maximum absolute atomic E-state index is 5.32. The Morgan fingerprint density at radius 1 is 1.47 bits per heavy atom. The predicted molar refractivity (Wildman–Crippen MR) is 77.8 cm³/mol. The molecule has 0 saturated heterocycles. The van der Waals surface area contributed by atoms with Gasteiger partial charge in [-0.3, -0.25) is 4.98 Å². The smallest absolute Gasteiger partial charge is 0.203 e. The van der Waals surface area contributed by atoms with Gasteiger partial charge in [0.05, 0.1) is 17.7 Å². The number of aromatic nitrogens is 3. The molecule has 0 saturated carbocycles. The van der Waals surface area contributed by atoms with Gasteiger partial charge in [-0.15, -0.1) is 11.3 Å². The third-order valence-corrected chi connectivity index (χ3v) is 3.42. The first-order chi connectivity index (χ1) is 9.29. The summed E-state index contributed by atoms with van der Waals surface area (Å²) in [4.78, 5) is 9.83. The maximum atomic E-state index is 5.32. The summed E-state index contributed by atoms with van der Waals surface area (Å²) in [6, 6.07) is 0. The maximum Gasteiger partial charge on any atom is 0.203 e. The lowest BCUT2D eigenvalue weighted by Crippen LogP contribution is -2.10. The highest BCUT2D eigenvalue weighted by Crippen LogP contribution is 2.14. The van der Waals surface area contributed by atoms with Crippen LogP contribution in [0.15, 0.2) is 17.9 Å². The number of ether oxygens (including phenoxy) is 1. The highest BCUT2D eigenvalue weighted by Gasteiger charge is 2.06. The van der Waals surface area contributed by atoms with Crippen molar-refractivity contribution in [3.05, 3.63) is 28.5 Å². The number of nitrogens with one attached hydrogen (secondary N) is 1. The molecule has 0 spiro atoms. The van der Waals surface area contributed by atoms with E-state index >= 15 is 0 Å². The van der Waals surface area contributed by atoms with Crippen LogP contribution in [-0.4, -0.2) is 34.3 Å². The molecule has 2 aromatic heterocycles. The van der Waals surface area contributed by atoms with Crippen LogP contribution in [0.1, 0.15) is 23.9 Å². The zero-order valence-corrected chi connectivity index (χ0v) is 12.2. The van der Waals surface area contributed by atoms with Gasteiger partial charge in [-0.05, 0) is 20.3 Å². The van der Waals surface area contributed by atoms with Crippen molar-refractivity contribution in [2.75, 3.05) is 25.1 Å². The van der Waals surface area contributed by atoms with Crippen LogP contribution in [-0.2, 0) is 11.3 Å². The van der Waals surface area contributed by atoms with Gasteiger partial charge in [-0.1, -0.05) is 0 Å². The summed E-state index contributed by atoms with van der Waals surface area (Å²) >= 11 is 1.66. The lowest BCUT2D eigenvalue weighted by molar-refractivity contribution is 0.147. The van der Waals surface area contributed by atoms with Crippen molar-refractivity contribution < 1.29 is 4.74 Å². The predicted octanol–water partition coefficient (Wildman–Crippen LogP) is 2.53. The molecule has 19 heavy (non-hydrogen) atoms. The van der Waals surface area contributed by atoms with Crippen LogP contribution >= 0.6 is 11.3 Å². The molecule has 2 rings (SSSR count). The number of hydrogen-bond donors (Lipinski definition) is 1. The molecule has 0 unspecified atom stereocenters. The van der Waals surface area contributed by atoms with Crippen LogP contribution in [0.2, 0.25) is 0 Å². The molecule has 0 atom stereocenters. The van der Waals surface area contributed by atoms with Gasteiger partial charge in [0.25, 0.3) is 0 Å². The molecule has 0 bridgehead atoms. The van der Waals surface area contributed by atoms with Crippen molar-refractivity contribution in [1.82, 2.24) is 14.5 Å². The van der Waals surface area contributed by atoms with Crippen LogP contribution in [0.3, 0.4) is 0 Å². The molecule has 1 N–H and O–H groups in total. The molecule has 0 aromatic carbocycles. The molecule has 0 fully saturated rings. The SMILES string of the molecule is CCOCCCNc1nc(C)cn1Cc1cncs1. The van der Waals surface area contributed by atoms with Crippen LogP contribution in [0.25, 0.3) is 0 Å². The third kappa shape index (κ3) is 4.33. The Labute approximate surface area is 117 Å². The van der Waals surface area contributed by atoms with Crippen molar-refractivity contribution in [2.45, 2.75) is 26.8 Å². The van der Waals surface area contributed by atoms with Crippen LogP contribution < -0.4 is 5.32 Å². The van der Waals surface area contributed by atoms with Crippen molar-refractivity contribution >= 4 is 17.3 Å². The summed E-state index contributed by atoms with van der Waals surface area (Å²) in [6.45, 7) is 7.28. The van der Waals surface area contributed by atoms with Crippen LogP contribution in [0, 0.1) is 6.92 Å². The van der Waals surface area contributed by atoms with E-state index in [1.54, 1.807) is 11.3 Å². The molecule has 0 aliphatic carbocycles. The lowest BCUT2D eigenvalue weighted by Gasteiger charge is -2.08. The molecule has 104 valence electrons. The van der Waals surface area contributed by atoms with Gasteiger partial charge < -0.3 is 14.6 Å². The molecule has 0 radical (unpaired) electrons. The molecule has 2 aromatic rings. The second kappa shape index (κ2) is 7.25. The Hall–Kier alpha value is -1.40. The quantitative estimate of drug-likeness (QED) is 0.755. The minimum absolute atomic E-state index is 0.777. The molecule has 2 heterocycles. The molecular formula is C13H20N4OS. The van der Waals surface area contributed by atoms with E-state index in [1.807, 2.05) is 25.6 Å². The Morgan fingerprint density at radius 3 is 3.11 bits per heavy atom. The lowest BCUT2D eigenvalue weighted by atomic mass is 10.4. The van der Waals surface area contributed by atoms with Crippen LogP contribution in [0.4, 0.5) is 5.95 Å². The zero-order chi connectivity index (χ0) is 13.5. The number of aryl methyl sites for hydroxylation is 1. The fourth-order valence-corrected chi connectivity index (χ4v) is 2.41. The topological polar surface area (TPSA) is 52.0 Å². The second-order valence-corrected chi connectivity index (χ2v) is 5.25. The minimum Gasteiger partial charge on any atom is -0.382 e. The average molecular weight is 280 g/mol. The fourth-order valence-electron chi connectivity index (χ4n) is 1.82. The van der Waals surface area contributed by atoms with E-state index in [0.29, 0.717) is 0 Å². The highest BCUT2D eigenvalue weighted by atomic mass is 32.1. The summed E-state index contributed by atoms with van der Waals surface area (Å²) in [5.41, 5.74) is 2.88. The summed E-state index contributed by atoms with van der Waals surface area (Å²) in [5.74, 6) is 0.919. The number of hydrogen-bond acceptors (Lipinski definition) is 5. The number of thiazole rings is 1. The van der Waals surface area contributed by atoms with Gasteiger partial charge in [0.15, 0.2) is 0 Å². The zero-order valence-electron chi connectivity index (χ0n) is 11.4. The van der Waals surface area contributed by atoms with E-state index < -0.39 is 0 Å². The minimum atomic E-state index is 0.777. The van der Waals surface area contributed by atoms with E-state index in [0.717, 1.165) is 44.4 Å². The Balaban J connectivity index is 1.89. The summed E-state index contributed by atoms with van der Waals surface area (Å²) in [5, 5.41) is 3.36. The second-order valence-electron chi connectivity index (χ2n) is 4.28. The first-order valence-electron chi connectivity index (χ1n) is 6.52. The van der Waals surface area contributed by atoms with Gasteiger partial charge in [-0.2, -0.15) is 0 Å². The largest absolute Gasteiger partial charge is 0.382 e. The van der Waals surface area contributed by atoms with E-state index in [-0.39, 0.29) is 0 Å². The third-order valence-electron chi connectivity index (χ3n) is 2.66. The average Bonchev–Trinajstić information content (AvgIpc) is 3.00. The Morgan fingerprint density at radius 2 is 2.37 bits per heavy atom. The van der Waals surface area contributed by atoms with Crippen molar-refractivity contribution in [3.8, 4) is 0 Å². The fraction of sp³-hybridized carbons (Fsp3) is 0.538. The molecule has 0 amide bonds. The molecule has 5 nitrogen and oxygen atoms in total.